The Hall–Kier alpha value is -0.870. The van der Waals surface area contributed by atoms with Gasteiger partial charge in [-0.2, -0.15) is 5.10 Å². The average molecular weight is 194 g/mol. The molecule has 14 heavy (non-hydrogen) atoms. The molecule has 2 heterocycles. The molecule has 78 valence electrons. The molecule has 1 aromatic rings. The van der Waals surface area contributed by atoms with Crippen molar-refractivity contribution in [3.63, 3.8) is 0 Å². The summed E-state index contributed by atoms with van der Waals surface area (Å²) in [5.41, 5.74) is 7.00. The first-order valence-electron chi connectivity index (χ1n) is 5.22. The molecule has 0 radical (unpaired) electrons. The third-order valence-electron chi connectivity index (χ3n) is 3.06. The van der Waals surface area contributed by atoms with Gasteiger partial charge in [0.2, 0.25) is 0 Å². The van der Waals surface area contributed by atoms with Crippen LogP contribution in [0.15, 0.2) is 12.3 Å². The van der Waals surface area contributed by atoms with Crippen LogP contribution in [0.4, 0.5) is 0 Å². The number of aryl methyl sites for hydroxylation is 1. The van der Waals surface area contributed by atoms with Crippen LogP contribution >= 0.6 is 0 Å². The van der Waals surface area contributed by atoms with E-state index in [2.05, 4.69) is 16.1 Å². The zero-order chi connectivity index (χ0) is 9.97. The minimum atomic E-state index is 0.574. The monoisotopic (exact) mass is 194 g/mol. The summed E-state index contributed by atoms with van der Waals surface area (Å²) in [5, 5.41) is 4.17. The van der Waals surface area contributed by atoms with E-state index in [1.807, 2.05) is 17.9 Å². The highest BCUT2D eigenvalue weighted by atomic mass is 15.3. The number of hydrogen-bond donors (Lipinski definition) is 1. The quantitative estimate of drug-likeness (QED) is 0.755. The van der Waals surface area contributed by atoms with Gasteiger partial charge in [0, 0.05) is 32.4 Å². The molecule has 1 aliphatic rings. The molecule has 0 aliphatic carbocycles. The zero-order valence-corrected chi connectivity index (χ0v) is 8.69. The molecule has 1 unspecified atom stereocenters. The van der Waals surface area contributed by atoms with Gasteiger partial charge in [-0.25, -0.2) is 0 Å². The van der Waals surface area contributed by atoms with Crippen molar-refractivity contribution in [2.45, 2.75) is 25.4 Å². The summed E-state index contributed by atoms with van der Waals surface area (Å²) in [4.78, 5) is 2.46. The predicted molar refractivity (Wildman–Crippen MR) is 55.7 cm³/mol. The van der Waals surface area contributed by atoms with Crippen LogP contribution in [0.3, 0.4) is 0 Å². The molecule has 1 atom stereocenters. The van der Waals surface area contributed by atoms with Gasteiger partial charge in [0.05, 0.1) is 5.69 Å². The van der Waals surface area contributed by atoms with Gasteiger partial charge in [-0.1, -0.05) is 0 Å². The van der Waals surface area contributed by atoms with Crippen molar-refractivity contribution >= 4 is 0 Å². The van der Waals surface area contributed by atoms with Crippen molar-refractivity contribution < 1.29 is 0 Å². The van der Waals surface area contributed by atoms with E-state index in [0.29, 0.717) is 6.04 Å². The maximum atomic E-state index is 5.73. The van der Waals surface area contributed by atoms with Gasteiger partial charge in [-0.15, -0.1) is 0 Å². The predicted octanol–water partition coefficient (Wildman–Crippen LogP) is 0.343. The first-order valence-corrected chi connectivity index (χ1v) is 5.22. The topological polar surface area (TPSA) is 47.1 Å². The van der Waals surface area contributed by atoms with Gasteiger partial charge < -0.3 is 5.73 Å². The molecule has 1 aliphatic heterocycles. The molecule has 1 aromatic heterocycles. The van der Waals surface area contributed by atoms with E-state index in [1.54, 1.807) is 0 Å². The van der Waals surface area contributed by atoms with Crippen LogP contribution in [0.2, 0.25) is 0 Å². The van der Waals surface area contributed by atoms with Gasteiger partial charge >= 0.3 is 0 Å². The Morgan fingerprint density at radius 2 is 2.50 bits per heavy atom. The van der Waals surface area contributed by atoms with Gasteiger partial charge in [-0.3, -0.25) is 9.58 Å². The second-order valence-electron chi connectivity index (χ2n) is 3.95. The van der Waals surface area contributed by atoms with E-state index in [4.69, 9.17) is 5.73 Å². The average Bonchev–Trinajstić information content (AvgIpc) is 2.77. The van der Waals surface area contributed by atoms with E-state index in [-0.39, 0.29) is 0 Å². The fourth-order valence-corrected chi connectivity index (χ4v) is 2.13. The van der Waals surface area contributed by atoms with Gasteiger partial charge in [0.1, 0.15) is 0 Å². The molecule has 1 fully saturated rings. The summed E-state index contributed by atoms with van der Waals surface area (Å²) in [6.45, 7) is 2.93. The fourth-order valence-electron chi connectivity index (χ4n) is 2.13. The van der Waals surface area contributed by atoms with Crippen LogP contribution in [0.5, 0.6) is 0 Å². The molecular weight excluding hydrogens is 176 g/mol. The van der Waals surface area contributed by atoms with Gasteiger partial charge in [0.15, 0.2) is 0 Å². The van der Waals surface area contributed by atoms with Crippen molar-refractivity contribution in [2.24, 2.45) is 12.8 Å². The minimum absolute atomic E-state index is 0.574. The van der Waals surface area contributed by atoms with Gasteiger partial charge in [0.25, 0.3) is 0 Å². The second-order valence-corrected chi connectivity index (χ2v) is 3.95. The van der Waals surface area contributed by atoms with Crippen molar-refractivity contribution in [3.05, 3.63) is 18.0 Å². The van der Waals surface area contributed by atoms with Crippen LogP contribution in [-0.2, 0) is 13.6 Å². The number of aromatic nitrogens is 2. The number of likely N-dealkylation sites (tertiary alicyclic amines) is 1. The summed E-state index contributed by atoms with van der Waals surface area (Å²) >= 11 is 0. The Morgan fingerprint density at radius 1 is 1.64 bits per heavy atom. The van der Waals surface area contributed by atoms with E-state index in [9.17, 15) is 0 Å². The lowest BCUT2D eigenvalue weighted by Crippen LogP contribution is -2.35. The molecule has 2 rings (SSSR count). The first kappa shape index (κ1) is 9.68. The summed E-state index contributed by atoms with van der Waals surface area (Å²) in [5.74, 6) is 0. The molecule has 0 aromatic carbocycles. The molecular formula is C10H18N4. The molecule has 0 bridgehead atoms. The van der Waals surface area contributed by atoms with Crippen LogP contribution in [0.1, 0.15) is 18.5 Å². The van der Waals surface area contributed by atoms with Crippen molar-refractivity contribution in [1.82, 2.24) is 14.7 Å². The Bertz CT molecular complexity index is 294. The molecule has 0 amide bonds. The lowest BCUT2D eigenvalue weighted by atomic mass is 10.2. The van der Waals surface area contributed by atoms with Crippen molar-refractivity contribution in [3.8, 4) is 0 Å². The number of nitrogens with two attached hydrogens (primary N) is 1. The standard InChI is InChI=1S/C10H18N4/c1-13-10(4-5-12-13)8-14-6-2-3-9(14)7-11/h4-5,9H,2-3,6-8,11H2,1H3. The maximum absolute atomic E-state index is 5.73. The Kier molecular flexibility index (Phi) is 2.84. The molecule has 0 spiro atoms. The third-order valence-corrected chi connectivity index (χ3v) is 3.06. The largest absolute Gasteiger partial charge is 0.329 e. The molecule has 4 nitrogen and oxygen atoms in total. The van der Waals surface area contributed by atoms with Crippen LogP contribution in [-0.4, -0.2) is 33.8 Å². The smallest absolute Gasteiger partial charge is 0.0521 e. The van der Waals surface area contributed by atoms with E-state index < -0.39 is 0 Å². The van der Waals surface area contributed by atoms with Gasteiger partial charge in [-0.05, 0) is 25.5 Å². The Balaban J connectivity index is 2.00. The lowest BCUT2D eigenvalue weighted by Gasteiger charge is -2.22. The molecule has 0 saturated carbocycles. The molecule has 1 saturated heterocycles. The molecule has 2 N–H and O–H groups in total. The van der Waals surface area contributed by atoms with E-state index in [1.165, 1.54) is 25.1 Å². The third kappa shape index (κ3) is 1.81. The summed E-state index contributed by atoms with van der Waals surface area (Å²) in [7, 11) is 1.99. The summed E-state index contributed by atoms with van der Waals surface area (Å²) < 4.78 is 1.94. The van der Waals surface area contributed by atoms with E-state index >= 15 is 0 Å². The second kappa shape index (κ2) is 4.11. The number of hydrogen-bond acceptors (Lipinski definition) is 3. The van der Waals surface area contributed by atoms with Crippen molar-refractivity contribution in [1.29, 1.82) is 0 Å². The van der Waals surface area contributed by atoms with Crippen LogP contribution in [0, 0.1) is 0 Å². The van der Waals surface area contributed by atoms with Crippen molar-refractivity contribution in [2.75, 3.05) is 13.1 Å². The Labute approximate surface area is 84.7 Å². The molecule has 4 heteroatoms. The normalized spacial score (nSPS) is 23.1. The van der Waals surface area contributed by atoms with E-state index in [0.717, 1.165) is 13.1 Å². The fraction of sp³-hybridized carbons (Fsp3) is 0.700. The Morgan fingerprint density at radius 3 is 3.14 bits per heavy atom. The number of rotatable bonds is 3. The maximum Gasteiger partial charge on any atom is 0.0521 e. The lowest BCUT2D eigenvalue weighted by molar-refractivity contribution is 0.244. The first-order chi connectivity index (χ1) is 6.81. The summed E-state index contributed by atoms with van der Waals surface area (Å²) in [6.07, 6.45) is 4.37. The minimum Gasteiger partial charge on any atom is -0.329 e. The zero-order valence-electron chi connectivity index (χ0n) is 8.69. The SMILES string of the molecule is Cn1nccc1CN1CCCC1CN. The number of nitrogens with zero attached hydrogens (tertiary/aromatic N) is 3. The highest BCUT2D eigenvalue weighted by molar-refractivity contribution is 5.01. The summed E-state index contributed by atoms with van der Waals surface area (Å²) in [6, 6.07) is 2.65. The highest BCUT2D eigenvalue weighted by Gasteiger charge is 2.23. The van der Waals surface area contributed by atoms with Crippen LogP contribution < -0.4 is 5.73 Å². The van der Waals surface area contributed by atoms with Crippen LogP contribution in [0.25, 0.3) is 0 Å². The highest BCUT2D eigenvalue weighted by Crippen LogP contribution is 2.18.